The van der Waals surface area contributed by atoms with E-state index in [2.05, 4.69) is 20.6 Å². The predicted octanol–water partition coefficient (Wildman–Crippen LogP) is 1.79. The van der Waals surface area contributed by atoms with Crippen molar-refractivity contribution in [3.05, 3.63) is 42.2 Å². The van der Waals surface area contributed by atoms with Gasteiger partial charge in [0.1, 0.15) is 6.04 Å². The first-order valence-electron chi connectivity index (χ1n) is 5.94. The second-order valence-corrected chi connectivity index (χ2v) is 4.14. The van der Waals surface area contributed by atoms with Crippen LogP contribution in [0.3, 0.4) is 0 Å². The standard InChI is InChI=1S/C13H16N4O2.ClH/c1-14-11(12(18)19)8-9-2-4-10(5-3-9)17-13-15-6-7-16-13;/h2-7,11,14H,8H2,1H3,(H,18,19)(H2,15,16,17);1H/t11-;/m0./s1. The van der Waals surface area contributed by atoms with Crippen molar-refractivity contribution >= 4 is 30.0 Å². The number of carboxylic acid groups (broad SMARTS) is 1. The average molecular weight is 297 g/mol. The molecule has 1 aromatic carbocycles. The number of benzene rings is 1. The van der Waals surface area contributed by atoms with Crippen LogP contribution in [0.2, 0.25) is 0 Å². The average Bonchev–Trinajstić information content (AvgIpc) is 2.90. The molecule has 0 unspecified atom stereocenters. The lowest BCUT2D eigenvalue weighted by molar-refractivity contribution is -0.139. The van der Waals surface area contributed by atoms with Gasteiger partial charge in [-0.1, -0.05) is 12.1 Å². The molecule has 0 amide bonds. The molecule has 1 aromatic heterocycles. The lowest BCUT2D eigenvalue weighted by Gasteiger charge is -2.11. The van der Waals surface area contributed by atoms with Gasteiger partial charge in [-0.2, -0.15) is 0 Å². The topological polar surface area (TPSA) is 90.0 Å². The monoisotopic (exact) mass is 296 g/mol. The first kappa shape index (κ1) is 16.0. The molecule has 0 bridgehead atoms. The lowest BCUT2D eigenvalue weighted by Crippen LogP contribution is -2.35. The lowest BCUT2D eigenvalue weighted by atomic mass is 10.1. The molecule has 0 radical (unpaired) electrons. The summed E-state index contributed by atoms with van der Waals surface area (Å²) in [6.45, 7) is 0. The van der Waals surface area contributed by atoms with Crippen LogP contribution < -0.4 is 10.6 Å². The second kappa shape index (κ2) is 7.52. The zero-order chi connectivity index (χ0) is 13.7. The predicted molar refractivity (Wildman–Crippen MR) is 79.7 cm³/mol. The van der Waals surface area contributed by atoms with E-state index in [1.807, 2.05) is 24.3 Å². The number of carboxylic acids is 1. The number of carbonyl (C=O) groups is 1. The van der Waals surface area contributed by atoms with E-state index < -0.39 is 12.0 Å². The van der Waals surface area contributed by atoms with Gasteiger partial charge in [0.25, 0.3) is 0 Å². The molecule has 2 rings (SSSR count). The van der Waals surface area contributed by atoms with Crippen LogP contribution in [0.15, 0.2) is 36.7 Å². The molecule has 0 saturated carbocycles. The Hall–Kier alpha value is -2.05. The van der Waals surface area contributed by atoms with Crippen LogP contribution >= 0.6 is 12.4 Å². The summed E-state index contributed by atoms with van der Waals surface area (Å²) in [6.07, 6.45) is 3.86. The number of likely N-dealkylation sites (N-methyl/N-ethyl adjacent to an activating group) is 1. The minimum absolute atomic E-state index is 0. The molecule has 0 spiro atoms. The number of aromatic nitrogens is 2. The van der Waals surface area contributed by atoms with Gasteiger partial charge in [0.2, 0.25) is 5.95 Å². The van der Waals surface area contributed by atoms with Crippen molar-refractivity contribution < 1.29 is 9.90 Å². The summed E-state index contributed by atoms with van der Waals surface area (Å²) in [5, 5.41) is 14.8. The zero-order valence-electron chi connectivity index (χ0n) is 11.0. The van der Waals surface area contributed by atoms with E-state index in [4.69, 9.17) is 5.11 Å². The summed E-state index contributed by atoms with van der Waals surface area (Å²) >= 11 is 0. The molecule has 1 heterocycles. The van der Waals surface area contributed by atoms with Crippen LogP contribution in [0.5, 0.6) is 0 Å². The summed E-state index contributed by atoms with van der Waals surface area (Å²) < 4.78 is 0. The highest BCUT2D eigenvalue weighted by Gasteiger charge is 2.14. The molecule has 0 fully saturated rings. The Bertz CT molecular complexity index is 528. The van der Waals surface area contributed by atoms with Gasteiger partial charge in [-0.05, 0) is 31.2 Å². The molecule has 108 valence electrons. The maximum atomic E-state index is 10.9. The Morgan fingerprint density at radius 3 is 2.60 bits per heavy atom. The van der Waals surface area contributed by atoms with Crippen molar-refractivity contribution in [3.8, 4) is 0 Å². The Morgan fingerprint density at radius 1 is 1.40 bits per heavy atom. The van der Waals surface area contributed by atoms with Crippen LogP contribution in [0.4, 0.5) is 11.6 Å². The minimum atomic E-state index is -0.847. The number of H-pyrrole nitrogens is 1. The van der Waals surface area contributed by atoms with E-state index in [1.54, 1.807) is 19.4 Å². The van der Waals surface area contributed by atoms with Gasteiger partial charge in [-0.3, -0.25) is 4.79 Å². The van der Waals surface area contributed by atoms with Crippen molar-refractivity contribution in [2.45, 2.75) is 12.5 Å². The van der Waals surface area contributed by atoms with E-state index >= 15 is 0 Å². The number of halogens is 1. The van der Waals surface area contributed by atoms with Gasteiger partial charge in [-0.25, -0.2) is 4.98 Å². The third-order valence-corrected chi connectivity index (χ3v) is 2.80. The van der Waals surface area contributed by atoms with Gasteiger partial charge >= 0.3 is 5.97 Å². The zero-order valence-corrected chi connectivity index (χ0v) is 11.8. The molecule has 7 heteroatoms. The highest BCUT2D eigenvalue weighted by atomic mass is 35.5. The van der Waals surface area contributed by atoms with Crippen molar-refractivity contribution in [2.24, 2.45) is 0 Å². The van der Waals surface area contributed by atoms with Crippen LogP contribution in [-0.4, -0.2) is 34.1 Å². The molecule has 4 N–H and O–H groups in total. The molecule has 0 aliphatic carbocycles. The number of nitrogens with zero attached hydrogens (tertiary/aromatic N) is 1. The number of aliphatic carboxylic acids is 1. The fraction of sp³-hybridized carbons (Fsp3) is 0.231. The summed E-state index contributed by atoms with van der Waals surface area (Å²) in [6, 6.07) is 7.03. The summed E-state index contributed by atoms with van der Waals surface area (Å²) in [5.41, 5.74) is 1.86. The molecule has 6 nitrogen and oxygen atoms in total. The van der Waals surface area contributed by atoms with Gasteiger partial charge < -0.3 is 20.7 Å². The van der Waals surface area contributed by atoms with Gasteiger partial charge in [0, 0.05) is 18.1 Å². The quantitative estimate of drug-likeness (QED) is 0.652. The van der Waals surface area contributed by atoms with E-state index in [0.29, 0.717) is 12.4 Å². The number of rotatable bonds is 6. The van der Waals surface area contributed by atoms with E-state index in [1.165, 1.54) is 0 Å². The highest BCUT2D eigenvalue weighted by Crippen LogP contribution is 2.14. The Kier molecular flexibility index (Phi) is 6.02. The van der Waals surface area contributed by atoms with Crippen molar-refractivity contribution in [1.29, 1.82) is 0 Å². The first-order chi connectivity index (χ1) is 9.19. The number of anilines is 2. The number of nitrogens with one attached hydrogen (secondary N) is 3. The summed E-state index contributed by atoms with van der Waals surface area (Å²) in [5.74, 6) is -0.174. The molecular weight excluding hydrogens is 280 g/mol. The van der Waals surface area contributed by atoms with Crippen LogP contribution in [-0.2, 0) is 11.2 Å². The van der Waals surface area contributed by atoms with E-state index in [0.717, 1.165) is 11.3 Å². The summed E-state index contributed by atoms with van der Waals surface area (Å²) in [4.78, 5) is 17.9. The van der Waals surface area contributed by atoms with Crippen LogP contribution in [0.1, 0.15) is 5.56 Å². The third-order valence-electron chi connectivity index (χ3n) is 2.80. The molecule has 2 aromatic rings. The second-order valence-electron chi connectivity index (χ2n) is 4.14. The van der Waals surface area contributed by atoms with Crippen molar-refractivity contribution in [2.75, 3.05) is 12.4 Å². The smallest absolute Gasteiger partial charge is 0.321 e. The maximum Gasteiger partial charge on any atom is 0.321 e. The number of aromatic amines is 1. The molecule has 20 heavy (non-hydrogen) atoms. The number of hydrogen-bond acceptors (Lipinski definition) is 4. The first-order valence-corrected chi connectivity index (χ1v) is 5.94. The molecule has 0 aliphatic rings. The Balaban J connectivity index is 0.00000200. The molecular formula is C13H17ClN4O2. The largest absolute Gasteiger partial charge is 0.480 e. The van der Waals surface area contributed by atoms with E-state index in [-0.39, 0.29) is 12.4 Å². The Morgan fingerprint density at radius 2 is 2.10 bits per heavy atom. The SMILES string of the molecule is CN[C@@H](Cc1ccc(Nc2ncc[nH]2)cc1)C(=O)O.Cl. The van der Waals surface area contributed by atoms with Gasteiger partial charge in [-0.15, -0.1) is 12.4 Å². The number of hydrogen-bond donors (Lipinski definition) is 4. The molecule has 0 aliphatic heterocycles. The van der Waals surface area contributed by atoms with Crippen LogP contribution in [0.25, 0.3) is 0 Å². The van der Waals surface area contributed by atoms with Crippen molar-refractivity contribution in [1.82, 2.24) is 15.3 Å². The normalized spacial score (nSPS) is 11.4. The fourth-order valence-corrected chi connectivity index (χ4v) is 1.74. The fourth-order valence-electron chi connectivity index (χ4n) is 1.74. The Labute approximate surface area is 123 Å². The summed E-state index contributed by atoms with van der Waals surface area (Å²) in [7, 11) is 1.64. The molecule has 1 atom stereocenters. The van der Waals surface area contributed by atoms with Crippen molar-refractivity contribution in [3.63, 3.8) is 0 Å². The van der Waals surface area contributed by atoms with Gasteiger partial charge in [0.15, 0.2) is 0 Å². The maximum absolute atomic E-state index is 10.9. The highest BCUT2D eigenvalue weighted by molar-refractivity contribution is 5.85. The number of imidazole rings is 1. The van der Waals surface area contributed by atoms with Gasteiger partial charge in [0.05, 0.1) is 0 Å². The minimum Gasteiger partial charge on any atom is -0.480 e. The van der Waals surface area contributed by atoms with E-state index in [9.17, 15) is 4.79 Å². The van der Waals surface area contributed by atoms with Crippen LogP contribution in [0, 0.1) is 0 Å². The molecule has 0 saturated heterocycles. The third kappa shape index (κ3) is 4.25.